The van der Waals surface area contributed by atoms with Crippen molar-refractivity contribution in [2.75, 3.05) is 0 Å². The number of alkyl halides is 3. The zero-order valence-electron chi connectivity index (χ0n) is 5.12. The predicted molar refractivity (Wildman–Crippen MR) is 30.1 cm³/mol. The Labute approximate surface area is 53.1 Å². The van der Waals surface area contributed by atoms with Crippen molar-refractivity contribution in [3.63, 3.8) is 0 Å². The lowest BCUT2D eigenvalue weighted by molar-refractivity contribution is 0.0978. The molecule has 0 aromatic carbocycles. The van der Waals surface area contributed by atoms with Gasteiger partial charge >= 0.3 is 0 Å². The van der Waals surface area contributed by atoms with Crippen LogP contribution in [0.4, 0.5) is 13.2 Å². The van der Waals surface area contributed by atoms with Gasteiger partial charge in [-0.15, -0.1) is 0 Å². The van der Waals surface area contributed by atoms with Gasteiger partial charge in [0.1, 0.15) is 6.17 Å². The van der Waals surface area contributed by atoms with E-state index >= 15 is 0 Å². The first-order valence-electron chi connectivity index (χ1n) is 2.88. The van der Waals surface area contributed by atoms with Crippen LogP contribution >= 0.6 is 0 Å². The second-order valence-corrected chi connectivity index (χ2v) is 1.87. The van der Waals surface area contributed by atoms with Crippen molar-refractivity contribution in [2.45, 2.75) is 31.9 Å². The molecule has 9 heavy (non-hydrogen) atoms. The number of hydrogen-bond donors (Lipinski definition) is 0. The van der Waals surface area contributed by atoms with E-state index in [-0.39, 0.29) is 6.42 Å². The molecule has 0 saturated carbocycles. The highest BCUT2D eigenvalue weighted by Crippen LogP contribution is 2.11. The highest BCUT2D eigenvalue weighted by molar-refractivity contribution is 4.57. The minimum absolute atomic E-state index is 0.143. The van der Waals surface area contributed by atoms with Gasteiger partial charge < -0.3 is 0 Å². The second kappa shape index (κ2) is 4.65. The van der Waals surface area contributed by atoms with Gasteiger partial charge in [-0.3, -0.25) is 0 Å². The van der Waals surface area contributed by atoms with E-state index in [2.05, 4.69) is 6.92 Å². The standard InChI is InChI=1S/C6H10F3/c1-2-3-5(7)4-6(8)9/h5-6H,1-4H2/t5-/m0/s1. The lowest BCUT2D eigenvalue weighted by atomic mass is 10.2. The summed E-state index contributed by atoms with van der Waals surface area (Å²) in [4.78, 5) is 0. The van der Waals surface area contributed by atoms with Crippen molar-refractivity contribution < 1.29 is 13.2 Å². The Balaban J connectivity index is 3.15. The molecule has 3 heteroatoms. The first kappa shape index (κ1) is 8.79. The average molecular weight is 139 g/mol. The minimum atomic E-state index is -2.52. The lowest BCUT2D eigenvalue weighted by Crippen LogP contribution is -2.05. The van der Waals surface area contributed by atoms with E-state index < -0.39 is 19.0 Å². The van der Waals surface area contributed by atoms with Gasteiger partial charge in [-0.25, -0.2) is 13.2 Å². The first-order chi connectivity index (χ1) is 4.16. The van der Waals surface area contributed by atoms with Crippen molar-refractivity contribution >= 4 is 0 Å². The largest absolute Gasteiger partial charge is 0.247 e. The summed E-state index contributed by atoms with van der Waals surface area (Å²) in [5.41, 5.74) is 0. The number of halogens is 3. The lowest BCUT2D eigenvalue weighted by Gasteiger charge is -2.03. The highest BCUT2D eigenvalue weighted by atomic mass is 19.3. The molecule has 0 rings (SSSR count). The smallest absolute Gasteiger partial charge is 0.241 e. The fourth-order valence-electron chi connectivity index (χ4n) is 0.533. The van der Waals surface area contributed by atoms with Crippen molar-refractivity contribution in [3.05, 3.63) is 6.92 Å². The molecule has 0 spiro atoms. The molecular weight excluding hydrogens is 129 g/mol. The van der Waals surface area contributed by atoms with Gasteiger partial charge in [0, 0.05) is 6.42 Å². The Kier molecular flexibility index (Phi) is 4.54. The molecule has 0 aromatic heterocycles. The van der Waals surface area contributed by atoms with Crippen LogP contribution in [0, 0.1) is 6.92 Å². The van der Waals surface area contributed by atoms with Crippen LogP contribution in [-0.2, 0) is 0 Å². The summed E-state index contributed by atoms with van der Waals surface area (Å²) >= 11 is 0. The fourth-order valence-corrected chi connectivity index (χ4v) is 0.533. The van der Waals surface area contributed by atoms with Crippen LogP contribution in [0.1, 0.15) is 19.3 Å². The van der Waals surface area contributed by atoms with Crippen molar-refractivity contribution in [2.24, 2.45) is 0 Å². The third kappa shape index (κ3) is 5.66. The van der Waals surface area contributed by atoms with Gasteiger partial charge in [-0.1, -0.05) is 13.3 Å². The summed E-state index contributed by atoms with van der Waals surface area (Å²) in [5, 5.41) is 0. The van der Waals surface area contributed by atoms with Crippen LogP contribution in [-0.4, -0.2) is 12.6 Å². The summed E-state index contributed by atoms with van der Waals surface area (Å²) < 4.78 is 34.8. The molecule has 0 aliphatic heterocycles. The van der Waals surface area contributed by atoms with Crippen LogP contribution in [0.15, 0.2) is 0 Å². The van der Waals surface area contributed by atoms with Gasteiger partial charge in [-0.05, 0) is 6.42 Å². The van der Waals surface area contributed by atoms with E-state index in [0.717, 1.165) is 0 Å². The zero-order valence-corrected chi connectivity index (χ0v) is 5.12. The number of hydrogen-bond acceptors (Lipinski definition) is 0. The first-order valence-corrected chi connectivity index (χ1v) is 2.88. The maximum absolute atomic E-state index is 12.1. The summed E-state index contributed by atoms with van der Waals surface area (Å²) in [6.45, 7) is 3.35. The third-order valence-electron chi connectivity index (χ3n) is 0.951. The van der Waals surface area contributed by atoms with Crippen LogP contribution in [0.5, 0.6) is 0 Å². The molecule has 0 bridgehead atoms. The van der Waals surface area contributed by atoms with E-state index in [1.807, 2.05) is 0 Å². The van der Waals surface area contributed by atoms with Gasteiger partial charge in [0.15, 0.2) is 0 Å². The van der Waals surface area contributed by atoms with E-state index in [9.17, 15) is 13.2 Å². The Hall–Kier alpha value is -0.210. The van der Waals surface area contributed by atoms with Crippen molar-refractivity contribution in [1.82, 2.24) is 0 Å². The zero-order chi connectivity index (χ0) is 7.28. The van der Waals surface area contributed by atoms with E-state index in [0.29, 0.717) is 6.42 Å². The molecule has 0 unspecified atom stereocenters. The van der Waals surface area contributed by atoms with Gasteiger partial charge in [0.05, 0.1) is 0 Å². The number of rotatable bonds is 4. The summed E-state index contributed by atoms with van der Waals surface area (Å²) in [5.74, 6) is 0. The Morgan fingerprint density at radius 2 is 1.78 bits per heavy atom. The van der Waals surface area contributed by atoms with E-state index in [4.69, 9.17) is 0 Å². The minimum Gasteiger partial charge on any atom is -0.247 e. The molecule has 0 N–H and O–H groups in total. The average Bonchev–Trinajstić information content (AvgIpc) is 1.63. The SMILES string of the molecule is [CH2]CC[C@H](F)CC(F)F. The summed E-state index contributed by atoms with van der Waals surface area (Å²) in [6.07, 6.45) is -4.01. The second-order valence-electron chi connectivity index (χ2n) is 1.87. The Morgan fingerprint density at radius 3 is 2.11 bits per heavy atom. The van der Waals surface area contributed by atoms with Gasteiger partial charge in [0.25, 0.3) is 0 Å². The quantitative estimate of drug-likeness (QED) is 0.561. The normalized spacial score (nSPS) is 14.3. The van der Waals surface area contributed by atoms with E-state index in [1.54, 1.807) is 0 Å². The molecule has 0 fully saturated rings. The maximum atomic E-state index is 12.1. The fraction of sp³-hybridized carbons (Fsp3) is 0.833. The monoisotopic (exact) mass is 139 g/mol. The molecule has 1 radical (unpaired) electrons. The summed E-state index contributed by atoms with van der Waals surface area (Å²) in [6, 6.07) is 0. The topological polar surface area (TPSA) is 0 Å². The van der Waals surface area contributed by atoms with E-state index in [1.165, 1.54) is 0 Å². The molecule has 55 valence electrons. The summed E-state index contributed by atoms with van der Waals surface area (Å²) in [7, 11) is 0. The third-order valence-corrected chi connectivity index (χ3v) is 0.951. The van der Waals surface area contributed by atoms with Crippen molar-refractivity contribution in [3.8, 4) is 0 Å². The molecule has 0 aliphatic carbocycles. The molecule has 0 aromatic rings. The van der Waals surface area contributed by atoms with Crippen molar-refractivity contribution in [1.29, 1.82) is 0 Å². The van der Waals surface area contributed by atoms with Gasteiger partial charge in [0.2, 0.25) is 6.43 Å². The predicted octanol–water partition coefficient (Wildman–Crippen LogP) is 2.59. The van der Waals surface area contributed by atoms with Crippen LogP contribution in [0.2, 0.25) is 0 Å². The van der Waals surface area contributed by atoms with Crippen LogP contribution in [0.3, 0.4) is 0 Å². The maximum Gasteiger partial charge on any atom is 0.241 e. The molecule has 0 saturated heterocycles. The molecule has 1 atom stereocenters. The molecule has 0 heterocycles. The Bertz CT molecular complexity index is 63.3. The molecule has 0 aliphatic rings. The highest BCUT2D eigenvalue weighted by Gasteiger charge is 2.11. The van der Waals surface area contributed by atoms with Crippen LogP contribution in [0.25, 0.3) is 0 Å². The van der Waals surface area contributed by atoms with Gasteiger partial charge in [-0.2, -0.15) is 0 Å². The van der Waals surface area contributed by atoms with Crippen LogP contribution < -0.4 is 0 Å². The molecule has 0 nitrogen and oxygen atoms in total. The molecule has 0 amide bonds. The Morgan fingerprint density at radius 1 is 1.22 bits per heavy atom. The molecular formula is C6H10F3.